The summed E-state index contributed by atoms with van der Waals surface area (Å²) < 4.78 is 0. The van der Waals surface area contributed by atoms with E-state index >= 15 is 0 Å². The molecule has 1 saturated heterocycles. The molecule has 1 aromatic carbocycles. The zero-order chi connectivity index (χ0) is 21.6. The number of carbonyl (C=O) groups excluding carboxylic acids is 3. The number of thiophene rings is 1. The van der Waals surface area contributed by atoms with Gasteiger partial charge in [-0.25, -0.2) is 4.98 Å². The predicted molar refractivity (Wildman–Crippen MR) is 122 cm³/mol. The SMILES string of the molecule is O=C(NC1CCN(C(=O)Cc2csc(NC(=O)c3cccs3)n2)CC1)c1ccccc1. The molecule has 9 heteroatoms. The highest BCUT2D eigenvalue weighted by molar-refractivity contribution is 7.14. The van der Waals surface area contributed by atoms with E-state index in [9.17, 15) is 14.4 Å². The summed E-state index contributed by atoms with van der Waals surface area (Å²) in [5.41, 5.74) is 1.29. The molecule has 1 aliphatic heterocycles. The van der Waals surface area contributed by atoms with Gasteiger partial charge in [0.1, 0.15) is 0 Å². The molecule has 0 aliphatic carbocycles. The van der Waals surface area contributed by atoms with Crippen LogP contribution in [0.15, 0.2) is 53.2 Å². The minimum Gasteiger partial charge on any atom is -0.349 e. The van der Waals surface area contributed by atoms with Gasteiger partial charge in [-0.3, -0.25) is 19.7 Å². The average Bonchev–Trinajstić information content (AvgIpc) is 3.47. The van der Waals surface area contributed by atoms with E-state index in [1.54, 1.807) is 23.6 Å². The first kappa shape index (κ1) is 21.2. The predicted octanol–water partition coefficient (Wildman–Crippen LogP) is 3.42. The molecule has 0 spiro atoms. The molecule has 1 fully saturated rings. The van der Waals surface area contributed by atoms with Crippen LogP contribution in [0, 0.1) is 0 Å². The smallest absolute Gasteiger partial charge is 0.267 e. The summed E-state index contributed by atoms with van der Waals surface area (Å²) in [5.74, 6) is -0.263. The van der Waals surface area contributed by atoms with Crippen LogP contribution >= 0.6 is 22.7 Å². The fraction of sp³-hybridized carbons (Fsp3) is 0.273. The number of benzene rings is 1. The Balaban J connectivity index is 1.23. The van der Waals surface area contributed by atoms with Crippen molar-refractivity contribution in [3.63, 3.8) is 0 Å². The Labute approximate surface area is 188 Å². The van der Waals surface area contributed by atoms with Crippen LogP contribution in [0.2, 0.25) is 0 Å². The van der Waals surface area contributed by atoms with E-state index in [-0.39, 0.29) is 30.2 Å². The van der Waals surface area contributed by atoms with Crippen molar-refractivity contribution < 1.29 is 14.4 Å². The number of thiazole rings is 1. The van der Waals surface area contributed by atoms with Gasteiger partial charge in [0.25, 0.3) is 11.8 Å². The molecule has 4 rings (SSSR count). The highest BCUT2D eigenvalue weighted by atomic mass is 32.1. The molecule has 0 bridgehead atoms. The van der Waals surface area contributed by atoms with E-state index in [2.05, 4.69) is 15.6 Å². The second-order valence-electron chi connectivity index (χ2n) is 7.25. The van der Waals surface area contributed by atoms with Gasteiger partial charge in [0.2, 0.25) is 5.91 Å². The molecule has 1 aliphatic rings. The topological polar surface area (TPSA) is 91.4 Å². The fourth-order valence-electron chi connectivity index (χ4n) is 3.41. The summed E-state index contributed by atoms with van der Waals surface area (Å²) in [6.07, 6.45) is 1.65. The van der Waals surface area contributed by atoms with Crippen molar-refractivity contribution in [1.29, 1.82) is 0 Å². The Kier molecular flexibility index (Phi) is 6.73. The lowest BCUT2D eigenvalue weighted by molar-refractivity contribution is -0.131. The molecule has 0 atom stereocenters. The summed E-state index contributed by atoms with van der Waals surface area (Å²) in [4.78, 5) is 43.9. The first-order chi connectivity index (χ1) is 15.1. The number of hydrogen-bond acceptors (Lipinski definition) is 6. The largest absolute Gasteiger partial charge is 0.349 e. The minimum absolute atomic E-state index is 0.00858. The molecule has 0 unspecified atom stereocenters. The highest BCUT2D eigenvalue weighted by Crippen LogP contribution is 2.20. The van der Waals surface area contributed by atoms with Crippen LogP contribution in [0.1, 0.15) is 38.6 Å². The second kappa shape index (κ2) is 9.84. The monoisotopic (exact) mass is 454 g/mol. The van der Waals surface area contributed by atoms with Crippen molar-refractivity contribution in [2.45, 2.75) is 25.3 Å². The Morgan fingerprint density at radius 1 is 1.00 bits per heavy atom. The van der Waals surface area contributed by atoms with Crippen molar-refractivity contribution in [2.24, 2.45) is 0 Å². The summed E-state index contributed by atoms with van der Waals surface area (Å²) in [6.45, 7) is 1.20. The number of piperidine rings is 1. The van der Waals surface area contributed by atoms with Crippen LogP contribution in [0.5, 0.6) is 0 Å². The van der Waals surface area contributed by atoms with Gasteiger partial charge in [0.05, 0.1) is 17.0 Å². The number of hydrogen-bond donors (Lipinski definition) is 2. The summed E-state index contributed by atoms with van der Waals surface area (Å²) >= 11 is 2.68. The number of aromatic nitrogens is 1. The molecular formula is C22H22N4O3S2. The minimum atomic E-state index is -0.193. The van der Waals surface area contributed by atoms with Gasteiger partial charge in [0, 0.05) is 30.1 Å². The Hall–Kier alpha value is -3.04. The van der Waals surface area contributed by atoms with Crippen LogP contribution in [-0.4, -0.2) is 46.7 Å². The third-order valence-corrected chi connectivity index (χ3v) is 6.74. The van der Waals surface area contributed by atoms with E-state index in [1.165, 1.54) is 22.7 Å². The van der Waals surface area contributed by atoms with Gasteiger partial charge in [-0.05, 0) is 36.4 Å². The number of nitrogens with one attached hydrogen (secondary N) is 2. The summed E-state index contributed by atoms with van der Waals surface area (Å²) in [5, 5.41) is 9.95. The van der Waals surface area contributed by atoms with Crippen molar-refractivity contribution in [1.82, 2.24) is 15.2 Å². The van der Waals surface area contributed by atoms with Gasteiger partial charge < -0.3 is 10.2 Å². The van der Waals surface area contributed by atoms with Gasteiger partial charge in [-0.15, -0.1) is 22.7 Å². The number of anilines is 1. The van der Waals surface area contributed by atoms with E-state index in [0.717, 1.165) is 12.8 Å². The highest BCUT2D eigenvalue weighted by Gasteiger charge is 2.24. The second-order valence-corrected chi connectivity index (χ2v) is 9.05. The molecular weight excluding hydrogens is 432 g/mol. The number of nitrogens with zero attached hydrogens (tertiary/aromatic N) is 2. The van der Waals surface area contributed by atoms with Crippen molar-refractivity contribution in [3.8, 4) is 0 Å². The van der Waals surface area contributed by atoms with E-state index in [0.29, 0.717) is 34.4 Å². The number of likely N-dealkylation sites (tertiary alicyclic amines) is 1. The van der Waals surface area contributed by atoms with Crippen molar-refractivity contribution >= 4 is 45.5 Å². The Morgan fingerprint density at radius 3 is 2.48 bits per heavy atom. The van der Waals surface area contributed by atoms with E-state index < -0.39 is 0 Å². The molecule has 0 saturated carbocycles. The molecule has 3 amide bonds. The average molecular weight is 455 g/mol. The zero-order valence-corrected chi connectivity index (χ0v) is 18.4. The number of rotatable bonds is 6. The maximum absolute atomic E-state index is 12.7. The van der Waals surface area contributed by atoms with Crippen molar-refractivity contribution in [3.05, 3.63) is 69.4 Å². The van der Waals surface area contributed by atoms with E-state index in [4.69, 9.17) is 0 Å². The molecule has 7 nitrogen and oxygen atoms in total. The Morgan fingerprint density at radius 2 is 1.77 bits per heavy atom. The van der Waals surface area contributed by atoms with E-state index in [1.807, 2.05) is 34.5 Å². The van der Waals surface area contributed by atoms with Gasteiger partial charge in [0.15, 0.2) is 5.13 Å². The van der Waals surface area contributed by atoms with Gasteiger partial charge in [-0.1, -0.05) is 24.3 Å². The molecule has 160 valence electrons. The van der Waals surface area contributed by atoms with Crippen LogP contribution in [0.4, 0.5) is 5.13 Å². The Bertz CT molecular complexity index is 1040. The first-order valence-electron chi connectivity index (χ1n) is 10.0. The van der Waals surface area contributed by atoms with Crippen LogP contribution in [-0.2, 0) is 11.2 Å². The maximum Gasteiger partial charge on any atom is 0.267 e. The van der Waals surface area contributed by atoms with Crippen LogP contribution in [0.3, 0.4) is 0 Å². The third kappa shape index (κ3) is 5.56. The lowest BCUT2D eigenvalue weighted by Crippen LogP contribution is -2.47. The lowest BCUT2D eigenvalue weighted by atomic mass is 10.0. The molecule has 3 aromatic rings. The standard InChI is InChI=1S/C22H22N4O3S2/c27-19(13-17-14-31-22(24-17)25-21(29)18-7-4-12-30-18)26-10-8-16(9-11-26)23-20(28)15-5-2-1-3-6-15/h1-7,12,14,16H,8-11,13H2,(H,23,28)(H,24,25,29). The van der Waals surface area contributed by atoms with Crippen molar-refractivity contribution in [2.75, 3.05) is 18.4 Å². The molecule has 31 heavy (non-hydrogen) atoms. The quantitative estimate of drug-likeness (QED) is 0.597. The third-order valence-electron chi connectivity index (χ3n) is 5.07. The lowest BCUT2D eigenvalue weighted by Gasteiger charge is -2.32. The van der Waals surface area contributed by atoms with Gasteiger partial charge >= 0.3 is 0 Å². The van der Waals surface area contributed by atoms with Crippen LogP contribution in [0.25, 0.3) is 0 Å². The molecule has 2 N–H and O–H groups in total. The zero-order valence-electron chi connectivity index (χ0n) is 16.7. The number of carbonyl (C=O) groups is 3. The molecule has 3 heterocycles. The molecule has 0 radical (unpaired) electrons. The first-order valence-corrected chi connectivity index (χ1v) is 11.8. The van der Waals surface area contributed by atoms with Crippen LogP contribution < -0.4 is 10.6 Å². The maximum atomic E-state index is 12.7. The summed E-state index contributed by atoms with van der Waals surface area (Å²) in [7, 11) is 0. The van der Waals surface area contributed by atoms with Gasteiger partial charge in [-0.2, -0.15) is 0 Å². The fourth-order valence-corrected chi connectivity index (χ4v) is 4.73. The number of amides is 3. The normalized spacial score (nSPS) is 14.3. The summed E-state index contributed by atoms with van der Waals surface area (Å²) in [6, 6.07) is 12.8. The molecule has 2 aromatic heterocycles.